The zero-order chi connectivity index (χ0) is 18.9. The number of aliphatic carboxylic acids is 1. The molecule has 0 bridgehead atoms. The summed E-state index contributed by atoms with van der Waals surface area (Å²) >= 11 is 0. The van der Waals surface area contributed by atoms with Gasteiger partial charge in [0, 0.05) is 6.61 Å². The van der Waals surface area contributed by atoms with Gasteiger partial charge in [-0.05, 0) is 39.2 Å². The zero-order valence-electron chi connectivity index (χ0n) is 14.9. The van der Waals surface area contributed by atoms with E-state index in [4.69, 9.17) is 9.47 Å². The first-order chi connectivity index (χ1) is 11.7. The number of carboxylic acids is 1. The van der Waals surface area contributed by atoms with Crippen molar-refractivity contribution < 1.29 is 29.3 Å². The minimum Gasteiger partial charge on any atom is -0.480 e. The van der Waals surface area contributed by atoms with Gasteiger partial charge in [0.1, 0.15) is 5.60 Å². The Kier molecular flexibility index (Phi) is 8.37. The van der Waals surface area contributed by atoms with E-state index in [0.29, 0.717) is 19.6 Å². The topological polar surface area (TPSA) is 105 Å². The fraction of sp³-hybridized carbons (Fsp3) is 0.556. The molecule has 0 spiro atoms. The molecule has 0 saturated carbocycles. The van der Waals surface area contributed by atoms with Crippen LogP contribution in [-0.2, 0) is 20.9 Å². The summed E-state index contributed by atoms with van der Waals surface area (Å²) in [6, 6.07) is 8.22. The maximum atomic E-state index is 11.7. The van der Waals surface area contributed by atoms with Gasteiger partial charge in [-0.1, -0.05) is 30.3 Å². The molecule has 7 heteroatoms. The van der Waals surface area contributed by atoms with Crippen LogP contribution in [-0.4, -0.2) is 46.6 Å². The van der Waals surface area contributed by atoms with Crippen LogP contribution >= 0.6 is 0 Å². The standard InChI is InChI=1S/C18H27NO6/c1-18(2,3)25-17(23)19-15(16(21)22)14(20)10-7-11-24-12-13-8-5-4-6-9-13/h4-6,8-9,14-15,20H,7,10-12H2,1-3H3,(H,19,23)(H,21,22)/t14?,15-/m0/s1. The predicted molar refractivity (Wildman–Crippen MR) is 92.1 cm³/mol. The lowest BCUT2D eigenvalue weighted by Crippen LogP contribution is -2.50. The molecule has 0 aromatic heterocycles. The van der Waals surface area contributed by atoms with Gasteiger partial charge >= 0.3 is 12.1 Å². The van der Waals surface area contributed by atoms with Crippen molar-refractivity contribution in [2.24, 2.45) is 0 Å². The highest BCUT2D eigenvalue weighted by molar-refractivity contribution is 5.80. The molecule has 7 nitrogen and oxygen atoms in total. The van der Waals surface area contributed by atoms with Crippen molar-refractivity contribution >= 4 is 12.1 Å². The number of carboxylic acid groups (broad SMARTS) is 1. The van der Waals surface area contributed by atoms with Gasteiger partial charge in [0.25, 0.3) is 0 Å². The Morgan fingerprint density at radius 1 is 1.20 bits per heavy atom. The van der Waals surface area contributed by atoms with Gasteiger partial charge in [0.05, 0.1) is 12.7 Å². The quantitative estimate of drug-likeness (QED) is 0.589. The third kappa shape index (κ3) is 9.07. The lowest BCUT2D eigenvalue weighted by Gasteiger charge is -2.24. The molecule has 0 heterocycles. The SMILES string of the molecule is CC(C)(C)OC(=O)N[C@H](C(=O)O)C(O)CCCOCc1ccccc1. The van der Waals surface area contributed by atoms with Crippen LogP contribution < -0.4 is 5.32 Å². The lowest BCUT2D eigenvalue weighted by molar-refractivity contribution is -0.142. The highest BCUT2D eigenvalue weighted by Gasteiger charge is 2.29. The second-order valence-corrected chi connectivity index (χ2v) is 6.71. The van der Waals surface area contributed by atoms with E-state index in [9.17, 15) is 19.8 Å². The summed E-state index contributed by atoms with van der Waals surface area (Å²) in [5.74, 6) is -1.32. The average molecular weight is 353 g/mol. The third-order valence-electron chi connectivity index (χ3n) is 3.22. The van der Waals surface area contributed by atoms with Crippen molar-refractivity contribution in [2.45, 2.75) is 58.0 Å². The number of rotatable bonds is 9. The minimum absolute atomic E-state index is 0.182. The molecule has 1 unspecified atom stereocenters. The van der Waals surface area contributed by atoms with E-state index in [1.165, 1.54) is 0 Å². The molecular formula is C18H27NO6. The normalized spacial score (nSPS) is 13.8. The molecule has 0 fully saturated rings. The van der Waals surface area contributed by atoms with Gasteiger partial charge in [-0.25, -0.2) is 9.59 Å². The fourth-order valence-corrected chi connectivity index (χ4v) is 2.08. The summed E-state index contributed by atoms with van der Waals surface area (Å²) in [6.45, 7) is 5.84. The summed E-state index contributed by atoms with van der Waals surface area (Å²) < 4.78 is 10.5. The molecule has 3 N–H and O–H groups in total. The number of aliphatic hydroxyl groups excluding tert-OH is 1. The molecule has 0 radical (unpaired) electrons. The Labute approximate surface area is 147 Å². The molecule has 140 valence electrons. The number of aliphatic hydroxyl groups is 1. The molecule has 0 saturated heterocycles. The molecule has 0 aliphatic carbocycles. The van der Waals surface area contributed by atoms with Crippen LogP contribution in [0.25, 0.3) is 0 Å². The molecule has 0 aliphatic rings. The van der Waals surface area contributed by atoms with E-state index >= 15 is 0 Å². The van der Waals surface area contributed by atoms with E-state index in [-0.39, 0.29) is 6.42 Å². The molecule has 25 heavy (non-hydrogen) atoms. The summed E-state index contributed by atoms with van der Waals surface area (Å²) in [6.07, 6.45) is -1.46. The van der Waals surface area contributed by atoms with Crippen molar-refractivity contribution in [1.82, 2.24) is 5.32 Å². The Bertz CT molecular complexity index is 540. The van der Waals surface area contributed by atoms with Crippen molar-refractivity contribution in [3.63, 3.8) is 0 Å². The van der Waals surface area contributed by atoms with E-state index in [1.807, 2.05) is 30.3 Å². The maximum absolute atomic E-state index is 11.7. The van der Waals surface area contributed by atoms with Crippen molar-refractivity contribution in [2.75, 3.05) is 6.61 Å². The molecule has 0 aliphatic heterocycles. The van der Waals surface area contributed by atoms with Gasteiger partial charge in [-0.15, -0.1) is 0 Å². The number of alkyl carbamates (subject to hydrolysis) is 1. The first kappa shape index (κ1) is 20.9. The summed E-state index contributed by atoms with van der Waals surface area (Å²) in [4.78, 5) is 22.9. The number of carbonyl (C=O) groups excluding carboxylic acids is 1. The number of hydrogen-bond donors (Lipinski definition) is 3. The first-order valence-corrected chi connectivity index (χ1v) is 8.21. The van der Waals surface area contributed by atoms with Crippen LogP contribution in [0.1, 0.15) is 39.2 Å². The third-order valence-corrected chi connectivity index (χ3v) is 3.22. The van der Waals surface area contributed by atoms with Gasteiger partial charge in [-0.2, -0.15) is 0 Å². The van der Waals surface area contributed by atoms with Crippen LogP contribution in [0.5, 0.6) is 0 Å². The predicted octanol–water partition coefficient (Wildman–Crippen LogP) is 2.32. The van der Waals surface area contributed by atoms with Crippen LogP contribution in [0, 0.1) is 0 Å². The molecule has 1 rings (SSSR count). The highest BCUT2D eigenvalue weighted by atomic mass is 16.6. The fourth-order valence-electron chi connectivity index (χ4n) is 2.08. The van der Waals surface area contributed by atoms with E-state index in [0.717, 1.165) is 5.56 Å². The summed E-state index contributed by atoms with van der Waals surface area (Å²) in [7, 11) is 0. The Morgan fingerprint density at radius 3 is 2.40 bits per heavy atom. The van der Waals surface area contributed by atoms with Crippen molar-refractivity contribution in [1.29, 1.82) is 0 Å². The maximum Gasteiger partial charge on any atom is 0.408 e. The van der Waals surface area contributed by atoms with Crippen LogP contribution in [0.3, 0.4) is 0 Å². The number of carbonyl (C=O) groups is 2. The molecule has 1 amide bonds. The molecule has 2 atom stereocenters. The van der Waals surface area contributed by atoms with Gasteiger partial charge in [-0.3, -0.25) is 0 Å². The average Bonchev–Trinajstić information content (AvgIpc) is 2.51. The second-order valence-electron chi connectivity index (χ2n) is 6.71. The van der Waals surface area contributed by atoms with Crippen molar-refractivity contribution in [3.05, 3.63) is 35.9 Å². The number of hydrogen-bond acceptors (Lipinski definition) is 5. The monoisotopic (exact) mass is 353 g/mol. The van der Waals surface area contributed by atoms with Gasteiger partial charge in [0.2, 0.25) is 0 Å². The van der Waals surface area contributed by atoms with E-state index < -0.39 is 29.8 Å². The van der Waals surface area contributed by atoms with E-state index in [1.54, 1.807) is 20.8 Å². The van der Waals surface area contributed by atoms with Crippen LogP contribution in [0.15, 0.2) is 30.3 Å². The largest absolute Gasteiger partial charge is 0.480 e. The highest BCUT2D eigenvalue weighted by Crippen LogP contribution is 2.09. The number of ether oxygens (including phenoxy) is 2. The van der Waals surface area contributed by atoms with Gasteiger partial charge < -0.3 is 25.0 Å². The number of amides is 1. The first-order valence-electron chi connectivity index (χ1n) is 8.21. The summed E-state index contributed by atoms with van der Waals surface area (Å²) in [5, 5.41) is 21.4. The smallest absolute Gasteiger partial charge is 0.408 e. The van der Waals surface area contributed by atoms with Crippen molar-refractivity contribution in [3.8, 4) is 0 Å². The molecule has 1 aromatic carbocycles. The minimum atomic E-state index is -1.43. The van der Waals surface area contributed by atoms with Crippen LogP contribution in [0.2, 0.25) is 0 Å². The van der Waals surface area contributed by atoms with Crippen LogP contribution in [0.4, 0.5) is 4.79 Å². The Morgan fingerprint density at radius 2 is 1.84 bits per heavy atom. The Hall–Kier alpha value is -2.12. The number of benzene rings is 1. The lowest BCUT2D eigenvalue weighted by atomic mass is 10.1. The zero-order valence-corrected chi connectivity index (χ0v) is 14.9. The number of nitrogens with one attached hydrogen (secondary N) is 1. The Balaban J connectivity index is 2.34. The summed E-state index contributed by atoms with van der Waals surface area (Å²) in [5.41, 5.74) is 0.293. The molecule has 1 aromatic rings. The molecular weight excluding hydrogens is 326 g/mol. The van der Waals surface area contributed by atoms with Gasteiger partial charge in [0.15, 0.2) is 6.04 Å². The van der Waals surface area contributed by atoms with E-state index in [2.05, 4.69) is 5.32 Å². The second kappa shape index (κ2) is 10.0.